The monoisotopic (exact) mass is 429 g/mol. The number of ether oxygens (including phenoxy) is 1. The van der Waals surface area contributed by atoms with Crippen LogP contribution in [0, 0.1) is 5.82 Å². The zero-order valence-corrected chi connectivity index (χ0v) is 17.9. The standard InChI is InChI=1S/C22H28FN5O3/c1-26-14-19(20(29)24-13-16-3-5-17(23)6-4-16)31-22(15-26)8-11-28(12-9-22)21(30)18-7-10-27(2)25-18/h3-7,10,19H,8-9,11-15H2,1-2H3,(H,24,29). The van der Waals surface area contributed by atoms with Gasteiger partial charge in [-0.15, -0.1) is 0 Å². The molecule has 2 fully saturated rings. The first-order chi connectivity index (χ1) is 14.8. The van der Waals surface area contributed by atoms with Gasteiger partial charge in [-0.05, 0) is 43.7 Å². The number of morpholine rings is 1. The molecule has 1 spiro atoms. The van der Waals surface area contributed by atoms with E-state index < -0.39 is 11.7 Å². The number of halogens is 1. The van der Waals surface area contributed by atoms with Gasteiger partial charge in [0.1, 0.15) is 17.6 Å². The lowest BCUT2D eigenvalue weighted by molar-refractivity contribution is -0.180. The number of amides is 2. The minimum Gasteiger partial charge on any atom is -0.359 e. The molecule has 1 N–H and O–H groups in total. The third kappa shape index (κ3) is 4.94. The van der Waals surface area contributed by atoms with Gasteiger partial charge in [-0.2, -0.15) is 5.10 Å². The Hall–Kier alpha value is -2.78. The number of aryl methyl sites for hydroxylation is 1. The van der Waals surface area contributed by atoms with Gasteiger partial charge in [0.2, 0.25) is 0 Å². The first-order valence-corrected chi connectivity index (χ1v) is 10.5. The molecule has 0 bridgehead atoms. The second-order valence-electron chi connectivity index (χ2n) is 8.50. The first kappa shape index (κ1) is 21.5. The van der Waals surface area contributed by atoms with Crippen molar-refractivity contribution in [3.05, 3.63) is 53.6 Å². The molecule has 1 aromatic carbocycles. The Kier molecular flexibility index (Phi) is 6.06. The number of carbonyl (C=O) groups is 2. The van der Waals surface area contributed by atoms with Crippen molar-refractivity contribution in [3.63, 3.8) is 0 Å². The van der Waals surface area contributed by atoms with Crippen LogP contribution in [0.3, 0.4) is 0 Å². The highest BCUT2D eigenvalue weighted by atomic mass is 19.1. The molecule has 2 aliphatic rings. The number of likely N-dealkylation sites (tertiary alicyclic amines) is 1. The number of benzene rings is 1. The van der Waals surface area contributed by atoms with E-state index in [1.165, 1.54) is 12.1 Å². The van der Waals surface area contributed by atoms with Gasteiger partial charge in [0.25, 0.3) is 11.8 Å². The SMILES string of the molecule is CN1CC(C(=O)NCc2ccc(F)cc2)OC2(CCN(C(=O)c3ccn(C)n3)CC2)C1. The van der Waals surface area contributed by atoms with Crippen LogP contribution in [-0.2, 0) is 23.1 Å². The maximum Gasteiger partial charge on any atom is 0.274 e. The van der Waals surface area contributed by atoms with Crippen molar-refractivity contribution in [1.82, 2.24) is 24.9 Å². The van der Waals surface area contributed by atoms with Crippen LogP contribution in [0.25, 0.3) is 0 Å². The summed E-state index contributed by atoms with van der Waals surface area (Å²) in [6.07, 6.45) is 2.50. The van der Waals surface area contributed by atoms with Crippen molar-refractivity contribution in [2.45, 2.75) is 31.1 Å². The van der Waals surface area contributed by atoms with E-state index in [-0.39, 0.29) is 17.6 Å². The molecule has 1 aromatic heterocycles. The Morgan fingerprint density at radius 2 is 1.90 bits per heavy atom. The number of rotatable bonds is 4. The summed E-state index contributed by atoms with van der Waals surface area (Å²) in [5.74, 6) is -0.558. The van der Waals surface area contributed by atoms with E-state index in [1.54, 1.807) is 41.0 Å². The molecule has 1 atom stereocenters. The summed E-state index contributed by atoms with van der Waals surface area (Å²) in [6.45, 7) is 2.68. The van der Waals surface area contributed by atoms with Gasteiger partial charge in [-0.1, -0.05) is 12.1 Å². The summed E-state index contributed by atoms with van der Waals surface area (Å²) < 4.78 is 21.0. The predicted octanol–water partition coefficient (Wildman–Crippen LogP) is 1.18. The smallest absolute Gasteiger partial charge is 0.274 e. The largest absolute Gasteiger partial charge is 0.359 e. The van der Waals surface area contributed by atoms with E-state index >= 15 is 0 Å². The lowest BCUT2D eigenvalue weighted by atomic mass is 9.88. The molecule has 0 aliphatic carbocycles. The van der Waals surface area contributed by atoms with Crippen LogP contribution in [0.1, 0.15) is 28.9 Å². The Morgan fingerprint density at radius 1 is 1.19 bits per heavy atom. The van der Waals surface area contributed by atoms with Crippen molar-refractivity contribution in [2.24, 2.45) is 7.05 Å². The number of likely N-dealkylation sites (N-methyl/N-ethyl adjacent to an activating group) is 1. The van der Waals surface area contributed by atoms with Gasteiger partial charge in [0, 0.05) is 46.0 Å². The van der Waals surface area contributed by atoms with E-state index in [4.69, 9.17) is 4.74 Å². The van der Waals surface area contributed by atoms with Crippen LogP contribution in [0.5, 0.6) is 0 Å². The molecule has 3 heterocycles. The van der Waals surface area contributed by atoms with Crippen LogP contribution in [0.15, 0.2) is 36.5 Å². The molecule has 31 heavy (non-hydrogen) atoms. The average Bonchev–Trinajstić information content (AvgIpc) is 3.19. The van der Waals surface area contributed by atoms with Crippen molar-refractivity contribution >= 4 is 11.8 Å². The van der Waals surface area contributed by atoms with Gasteiger partial charge in [-0.3, -0.25) is 14.3 Å². The van der Waals surface area contributed by atoms with Crippen LogP contribution in [0.2, 0.25) is 0 Å². The van der Waals surface area contributed by atoms with Gasteiger partial charge in [-0.25, -0.2) is 4.39 Å². The quantitative estimate of drug-likeness (QED) is 0.790. The van der Waals surface area contributed by atoms with Crippen molar-refractivity contribution in [3.8, 4) is 0 Å². The highest BCUT2D eigenvalue weighted by molar-refractivity contribution is 5.92. The average molecular weight is 429 g/mol. The zero-order chi connectivity index (χ0) is 22.0. The van der Waals surface area contributed by atoms with Gasteiger partial charge >= 0.3 is 0 Å². The van der Waals surface area contributed by atoms with E-state index in [1.807, 2.05) is 7.05 Å². The number of carbonyl (C=O) groups excluding carboxylic acids is 2. The molecule has 2 saturated heterocycles. The first-order valence-electron chi connectivity index (χ1n) is 10.5. The third-order valence-corrected chi connectivity index (χ3v) is 5.99. The summed E-state index contributed by atoms with van der Waals surface area (Å²) in [7, 11) is 3.77. The Labute approximate surface area is 180 Å². The van der Waals surface area contributed by atoms with Gasteiger partial charge in [0.15, 0.2) is 0 Å². The van der Waals surface area contributed by atoms with Crippen LogP contribution in [-0.4, -0.2) is 76.3 Å². The van der Waals surface area contributed by atoms with Gasteiger partial charge in [0.05, 0.1) is 5.60 Å². The fourth-order valence-electron chi connectivity index (χ4n) is 4.34. The number of hydrogen-bond acceptors (Lipinski definition) is 5. The predicted molar refractivity (Wildman–Crippen MR) is 112 cm³/mol. The molecular formula is C22H28FN5O3. The van der Waals surface area contributed by atoms with Crippen LogP contribution < -0.4 is 5.32 Å². The van der Waals surface area contributed by atoms with Gasteiger partial charge < -0.3 is 19.9 Å². The molecule has 4 rings (SSSR count). The number of hydrogen-bond donors (Lipinski definition) is 1. The van der Waals surface area contributed by atoms with E-state index in [2.05, 4.69) is 15.3 Å². The fraction of sp³-hybridized carbons (Fsp3) is 0.500. The maximum absolute atomic E-state index is 13.1. The number of nitrogens with one attached hydrogen (secondary N) is 1. The van der Waals surface area contributed by atoms with Crippen LogP contribution in [0.4, 0.5) is 4.39 Å². The zero-order valence-electron chi connectivity index (χ0n) is 17.9. The van der Waals surface area contributed by atoms with E-state index in [0.717, 1.165) is 12.1 Å². The molecule has 9 heteroatoms. The van der Waals surface area contributed by atoms with Crippen molar-refractivity contribution in [2.75, 3.05) is 33.2 Å². The number of aromatic nitrogens is 2. The minimum atomic E-state index is -0.586. The summed E-state index contributed by atoms with van der Waals surface area (Å²) in [6, 6.07) is 7.78. The second-order valence-corrected chi connectivity index (χ2v) is 8.50. The maximum atomic E-state index is 13.1. The highest BCUT2D eigenvalue weighted by Gasteiger charge is 2.44. The lowest BCUT2D eigenvalue weighted by Gasteiger charge is -2.48. The molecule has 1 unspecified atom stereocenters. The molecule has 2 amide bonds. The Bertz CT molecular complexity index is 937. The molecule has 166 valence electrons. The van der Waals surface area contributed by atoms with E-state index in [9.17, 15) is 14.0 Å². The minimum absolute atomic E-state index is 0.0757. The van der Waals surface area contributed by atoms with E-state index in [0.29, 0.717) is 44.7 Å². The molecule has 8 nitrogen and oxygen atoms in total. The lowest BCUT2D eigenvalue weighted by Crippen LogP contribution is -2.61. The molecule has 0 saturated carbocycles. The summed E-state index contributed by atoms with van der Waals surface area (Å²) in [5.41, 5.74) is 0.819. The number of piperidine rings is 1. The summed E-state index contributed by atoms with van der Waals surface area (Å²) in [4.78, 5) is 29.3. The Morgan fingerprint density at radius 3 is 2.55 bits per heavy atom. The number of nitrogens with zero attached hydrogens (tertiary/aromatic N) is 4. The second kappa shape index (κ2) is 8.76. The highest BCUT2D eigenvalue weighted by Crippen LogP contribution is 2.32. The Balaban J connectivity index is 1.34. The topological polar surface area (TPSA) is 79.7 Å². The molecule has 2 aliphatic heterocycles. The summed E-state index contributed by atoms with van der Waals surface area (Å²) >= 11 is 0. The third-order valence-electron chi connectivity index (χ3n) is 5.99. The normalized spacial score (nSPS) is 21.3. The fourth-order valence-corrected chi connectivity index (χ4v) is 4.34. The van der Waals surface area contributed by atoms with Crippen LogP contribution >= 0.6 is 0 Å². The summed E-state index contributed by atoms with van der Waals surface area (Å²) in [5, 5.41) is 7.09. The van der Waals surface area contributed by atoms with Crippen molar-refractivity contribution < 1.29 is 18.7 Å². The molecule has 0 radical (unpaired) electrons. The molecular weight excluding hydrogens is 401 g/mol. The molecule has 2 aromatic rings. The van der Waals surface area contributed by atoms with Crippen molar-refractivity contribution in [1.29, 1.82) is 0 Å².